The minimum atomic E-state index is -0.0621. The van der Waals surface area contributed by atoms with Crippen molar-refractivity contribution >= 4 is 0 Å². The molecule has 4 heteroatoms. The first kappa shape index (κ1) is 11.8. The molecule has 0 aromatic heterocycles. The van der Waals surface area contributed by atoms with Crippen LogP contribution in [0.15, 0.2) is 0 Å². The first-order chi connectivity index (χ1) is 5.85. The fourth-order valence-corrected chi connectivity index (χ4v) is 0.905. The van der Waals surface area contributed by atoms with Gasteiger partial charge in [0, 0.05) is 33.9 Å². The van der Waals surface area contributed by atoms with Gasteiger partial charge in [-0.1, -0.05) is 0 Å². The summed E-state index contributed by atoms with van der Waals surface area (Å²) in [6, 6.07) is 0. The number of methoxy groups -OCH3 is 2. The molecule has 12 heavy (non-hydrogen) atoms. The highest BCUT2D eigenvalue weighted by Crippen LogP contribution is 1.87. The van der Waals surface area contributed by atoms with Crippen molar-refractivity contribution in [2.24, 2.45) is 0 Å². The molecule has 0 amide bonds. The van der Waals surface area contributed by atoms with E-state index in [1.807, 2.05) is 4.90 Å². The summed E-state index contributed by atoms with van der Waals surface area (Å²) >= 11 is 0. The van der Waals surface area contributed by atoms with E-state index in [1.54, 1.807) is 14.2 Å². The molecule has 73 valence electrons. The van der Waals surface area contributed by atoms with Crippen LogP contribution in [-0.2, 0) is 14.6 Å². The van der Waals surface area contributed by atoms with Gasteiger partial charge in [-0.25, -0.2) is 5.11 Å². The molecule has 0 heterocycles. The van der Waals surface area contributed by atoms with Crippen LogP contribution in [0.2, 0.25) is 0 Å². The maximum atomic E-state index is 10.3. The summed E-state index contributed by atoms with van der Waals surface area (Å²) in [7, 11) is 3.32. The average Bonchev–Trinajstić information content (AvgIpc) is 2.10. The van der Waals surface area contributed by atoms with Crippen molar-refractivity contribution < 1.29 is 14.6 Å². The van der Waals surface area contributed by atoms with E-state index in [2.05, 4.69) is 0 Å². The quantitative estimate of drug-likeness (QED) is 0.523. The molecule has 0 saturated heterocycles. The second-order valence-corrected chi connectivity index (χ2v) is 2.53. The Bertz CT molecular complexity index is 82.4. The highest BCUT2D eigenvalue weighted by Gasteiger charge is 2.02. The molecule has 0 aliphatic rings. The molecule has 0 rings (SSSR count). The summed E-state index contributed by atoms with van der Waals surface area (Å²) in [5.41, 5.74) is 0. The second kappa shape index (κ2) is 8.93. The number of hydrogen-bond acceptors (Lipinski definition) is 3. The van der Waals surface area contributed by atoms with Crippen molar-refractivity contribution in [1.82, 2.24) is 4.90 Å². The molecule has 0 atom stereocenters. The third kappa shape index (κ3) is 6.54. The van der Waals surface area contributed by atoms with Gasteiger partial charge in [-0.3, -0.25) is 4.90 Å². The summed E-state index contributed by atoms with van der Waals surface area (Å²) < 4.78 is 9.83. The van der Waals surface area contributed by atoms with Crippen LogP contribution >= 0.6 is 0 Å². The van der Waals surface area contributed by atoms with E-state index >= 15 is 0 Å². The third-order valence-electron chi connectivity index (χ3n) is 1.63. The first-order valence-corrected chi connectivity index (χ1v) is 4.13. The SMILES string of the molecule is COCCN(CC[O])CCOC. The maximum absolute atomic E-state index is 10.3. The van der Waals surface area contributed by atoms with E-state index in [9.17, 15) is 5.11 Å². The Hall–Kier alpha value is -0.160. The van der Waals surface area contributed by atoms with E-state index in [-0.39, 0.29) is 6.61 Å². The molecule has 0 aromatic carbocycles. The lowest BCUT2D eigenvalue weighted by Gasteiger charge is -2.19. The highest BCUT2D eigenvalue weighted by atomic mass is 16.5. The topological polar surface area (TPSA) is 41.6 Å². The lowest BCUT2D eigenvalue weighted by molar-refractivity contribution is 0.0862. The van der Waals surface area contributed by atoms with Crippen LogP contribution in [0.3, 0.4) is 0 Å². The smallest absolute Gasteiger partial charge is 0.0949 e. The van der Waals surface area contributed by atoms with Gasteiger partial charge in [0.2, 0.25) is 0 Å². The molecule has 0 aliphatic carbocycles. The molecule has 0 aliphatic heterocycles. The van der Waals surface area contributed by atoms with Crippen molar-refractivity contribution in [3.8, 4) is 0 Å². The van der Waals surface area contributed by atoms with Crippen LogP contribution in [0, 0.1) is 0 Å². The lowest BCUT2D eigenvalue weighted by Crippen LogP contribution is -2.32. The van der Waals surface area contributed by atoms with Gasteiger partial charge in [-0.2, -0.15) is 0 Å². The fourth-order valence-electron chi connectivity index (χ4n) is 0.905. The van der Waals surface area contributed by atoms with Crippen LogP contribution in [0.1, 0.15) is 0 Å². The van der Waals surface area contributed by atoms with Crippen molar-refractivity contribution in [1.29, 1.82) is 0 Å². The van der Waals surface area contributed by atoms with Gasteiger partial charge in [0.1, 0.15) is 0 Å². The van der Waals surface area contributed by atoms with Crippen molar-refractivity contribution in [2.75, 3.05) is 53.7 Å². The molecule has 0 saturated carbocycles. The van der Waals surface area contributed by atoms with E-state index in [1.165, 1.54) is 0 Å². The number of rotatable bonds is 8. The van der Waals surface area contributed by atoms with Gasteiger partial charge >= 0.3 is 0 Å². The summed E-state index contributed by atoms with van der Waals surface area (Å²) in [6.45, 7) is 3.47. The van der Waals surface area contributed by atoms with Crippen molar-refractivity contribution in [3.05, 3.63) is 0 Å². The molecule has 0 N–H and O–H groups in total. The number of ether oxygens (including phenoxy) is 2. The summed E-state index contributed by atoms with van der Waals surface area (Å²) in [5, 5.41) is 10.3. The number of nitrogens with zero attached hydrogens (tertiary/aromatic N) is 1. The Kier molecular flexibility index (Phi) is 8.81. The molecule has 0 bridgehead atoms. The molecule has 0 aromatic rings. The van der Waals surface area contributed by atoms with Crippen molar-refractivity contribution in [2.45, 2.75) is 0 Å². The Morgan fingerprint density at radius 1 is 1.00 bits per heavy atom. The lowest BCUT2D eigenvalue weighted by atomic mass is 10.4. The van der Waals surface area contributed by atoms with Crippen LogP contribution in [0.5, 0.6) is 0 Å². The maximum Gasteiger partial charge on any atom is 0.0949 e. The fraction of sp³-hybridized carbons (Fsp3) is 1.00. The van der Waals surface area contributed by atoms with Gasteiger partial charge < -0.3 is 9.47 Å². The average molecular weight is 176 g/mol. The monoisotopic (exact) mass is 176 g/mol. The Balaban J connectivity index is 3.40. The zero-order valence-corrected chi connectivity index (χ0v) is 7.91. The molecule has 4 nitrogen and oxygen atoms in total. The number of hydrogen-bond donors (Lipinski definition) is 0. The van der Waals surface area contributed by atoms with Crippen LogP contribution in [0.4, 0.5) is 0 Å². The molecule has 0 fully saturated rings. The second-order valence-electron chi connectivity index (χ2n) is 2.53. The Labute approximate surface area is 74.1 Å². The predicted octanol–water partition coefficient (Wildman–Crippen LogP) is 0.0117. The Morgan fingerprint density at radius 2 is 1.50 bits per heavy atom. The normalized spacial score (nSPS) is 11.0. The van der Waals surface area contributed by atoms with Gasteiger partial charge in [0.05, 0.1) is 19.8 Å². The summed E-state index contributed by atoms with van der Waals surface area (Å²) in [6.07, 6.45) is 0. The van der Waals surface area contributed by atoms with E-state index in [0.717, 1.165) is 13.1 Å². The summed E-state index contributed by atoms with van der Waals surface area (Å²) in [5.74, 6) is 0. The standard InChI is InChI=1S/C8H18NO3/c1-11-7-4-9(3-6-10)5-8-12-2/h3-8H2,1-2H3. The van der Waals surface area contributed by atoms with Crippen molar-refractivity contribution in [3.63, 3.8) is 0 Å². The van der Waals surface area contributed by atoms with E-state index in [0.29, 0.717) is 19.8 Å². The first-order valence-electron chi connectivity index (χ1n) is 4.13. The van der Waals surface area contributed by atoms with Crippen LogP contribution < -0.4 is 0 Å². The van der Waals surface area contributed by atoms with Gasteiger partial charge in [0.25, 0.3) is 0 Å². The van der Waals surface area contributed by atoms with Gasteiger partial charge in [0.15, 0.2) is 0 Å². The van der Waals surface area contributed by atoms with Gasteiger partial charge in [-0.05, 0) is 0 Å². The molecule has 1 radical (unpaired) electrons. The minimum Gasteiger partial charge on any atom is -0.383 e. The predicted molar refractivity (Wildman–Crippen MR) is 45.7 cm³/mol. The molecule has 0 unspecified atom stereocenters. The molecular weight excluding hydrogens is 158 g/mol. The zero-order valence-electron chi connectivity index (χ0n) is 7.91. The highest BCUT2D eigenvalue weighted by molar-refractivity contribution is 4.55. The van der Waals surface area contributed by atoms with Crippen LogP contribution in [0.25, 0.3) is 0 Å². The minimum absolute atomic E-state index is 0.0621. The summed E-state index contributed by atoms with van der Waals surface area (Å²) in [4.78, 5) is 2.04. The zero-order chi connectivity index (χ0) is 9.23. The van der Waals surface area contributed by atoms with E-state index in [4.69, 9.17) is 9.47 Å². The van der Waals surface area contributed by atoms with Crippen LogP contribution in [-0.4, -0.2) is 58.6 Å². The Morgan fingerprint density at radius 3 is 1.83 bits per heavy atom. The molecule has 0 spiro atoms. The van der Waals surface area contributed by atoms with Gasteiger partial charge in [-0.15, -0.1) is 0 Å². The largest absolute Gasteiger partial charge is 0.383 e. The molecular formula is C8H18NO3. The van der Waals surface area contributed by atoms with E-state index < -0.39 is 0 Å². The third-order valence-corrected chi connectivity index (χ3v) is 1.63.